The predicted molar refractivity (Wildman–Crippen MR) is 143 cm³/mol. The summed E-state index contributed by atoms with van der Waals surface area (Å²) in [4.78, 5) is 43.9. The highest BCUT2D eigenvalue weighted by Crippen LogP contribution is 2.35. The number of amides is 4. The van der Waals surface area contributed by atoms with Crippen molar-refractivity contribution < 1.29 is 19.1 Å². The fourth-order valence-corrected chi connectivity index (χ4v) is 4.67. The van der Waals surface area contributed by atoms with Crippen molar-refractivity contribution in [2.45, 2.75) is 13.5 Å². The molecule has 2 aromatic heterocycles. The van der Waals surface area contributed by atoms with Gasteiger partial charge in [0.15, 0.2) is 0 Å². The third-order valence-electron chi connectivity index (χ3n) is 4.83. The van der Waals surface area contributed by atoms with E-state index in [1.165, 1.54) is 36.4 Å². The third kappa shape index (κ3) is 6.58. The van der Waals surface area contributed by atoms with E-state index in [9.17, 15) is 14.4 Å². The smallest absolute Gasteiger partial charge is 0.317 e. The summed E-state index contributed by atoms with van der Waals surface area (Å²) in [5.41, 5.74) is 0.757. The van der Waals surface area contributed by atoms with E-state index < -0.39 is 11.8 Å². The molecule has 0 bridgehead atoms. The van der Waals surface area contributed by atoms with Gasteiger partial charge in [-0.25, -0.2) is 9.78 Å². The molecular weight excluding hydrogens is 549 g/mol. The van der Waals surface area contributed by atoms with Crippen LogP contribution in [0.4, 0.5) is 16.3 Å². The van der Waals surface area contributed by atoms with Crippen LogP contribution in [0.3, 0.4) is 0 Å². The van der Waals surface area contributed by atoms with Crippen molar-refractivity contribution in [3.63, 3.8) is 0 Å². The molecule has 0 aliphatic rings. The van der Waals surface area contributed by atoms with E-state index >= 15 is 0 Å². The molecule has 0 fully saturated rings. The van der Waals surface area contributed by atoms with E-state index in [2.05, 4.69) is 20.9 Å². The van der Waals surface area contributed by atoms with Crippen LogP contribution < -0.4 is 20.7 Å². The van der Waals surface area contributed by atoms with Gasteiger partial charge in [-0.3, -0.25) is 9.59 Å². The Morgan fingerprint density at radius 2 is 1.83 bits per heavy atom. The number of thiophene rings is 1. The zero-order valence-corrected chi connectivity index (χ0v) is 22.5. The lowest BCUT2D eigenvalue weighted by molar-refractivity contribution is 0.102. The van der Waals surface area contributed by atoms with Crippen molar-refractivity contribution >= 4 is 75.5 Å². The number of rotatable bonds is 8. The molecule has 3 aromatic rings. The van der Waals surface area contributed by atoms with Crippen molar-refractivity contribution in [2.75, 3.05) is 31.3 Å². The van der Waals surface area contributed by atoms with Crippen LogP contribution in [0.5, 0.6) is 5.75 Å². The molecular formula is C23H22Cl3N5O4S. The van der Waals surface area contributed by atoms with Crippen molar-refractivity contribution in [2.24, 2.45) is 0 Å². The van der Waals surface area contributed by atoms with E-state index in [0.717, 1.165) is 11.3 Å². The van der Waals surface area contributed by atoms with Gasteiger partial charge in [0.05, 0.1) is 28.4 Å². The number of hydrogen-bond acceptors (Lipinski definition) is 6. The monoisotopic (exact) mass is 569 g/mol. The first-order valence-corrected chi connectivity index (χ1v) is 12.5. The van der Waals surface area contributed by atoms with E-state index in [1.54, 1.807) is 18.5 Å². The SMILES string of the molecule is CCNC(=O)N(C)Cc1csc(C(=O)Nc2c(OC)cc(Cl)cc2C(=O)Nc2ccc(Cl)cn2)c1Cl. The van der Waals surface area contributed by atoms with Gasteiger partial charge in [-0.15, -0.1) is 11.3 Å². The molecule has 2 heterocycles. The highest BCUT2D eigenvalue weighted by atomic mass is 35.5. The first-order chi connectivity index (χ1) is 17.1. The van der Waals surface area contributed by atoms with E-state index in [4.69, 9.17) is 39.5 Å². The number of urea groups is 1. The van der Waals surface area contributed by atoms with Gasteiger partial charge in [-0.2, -0.15) is 0 Å². The number of hydrogen-bond donors (Lipinski definition) is 3. The molecule has 3 N–H and O–H groups in total. The van der Waals surface area contributed by atoms with Crippen LogP contribution in [-0.4, -0.2) is 48.4 Å². The second kappa shape index (κ2) is 12.3. The van der Waals surface area contributed by atoms with Gasteiger partial charge >= 0.3 is 6.03 Å². The Kier molecular flexibility index (Phi) is 9.38. The van der Waals surface area contributed by atoms with E-state index in [1.807, 2.05) is 6.92 Å². The summed E-state index contributed by atoms with van der Waals surface area (Å²) in [5.74, 6) is -0.713. The van der Waals surface area contributed by atoms with Gasteiger partial charge in [0, 0.05) is 43.0 Å². The molecule has 0 aliphatic heterocycles. The maximum Gasteiger partial charge on any atom is 0.317 e. The maximum atomic E-state index is 13.2. The molecule has 0 saturated heterocycles. The highest BCUT2D eigenvalue weighted by Gasteiger charge is 2.24. The summed E-state index contributed by atoms with van der Waals surface area (Å²) in [7, 11) is 3.01. The van der Waals surface area contributed by atoms with Gasteiger partial charge in [-0.05, 0) is 30.5 Å². The summed E-state index contributed by atoms with van der Waals surface area (Å²) < 4.78 is 5.36. The van der Waals surface area contributed by atoms with Gasteiger partial charge < -0.3 is 25.6 Å². The van der Waals surface area contributed by atoms with Gasteiger partial charge in [-0.1, -0.05) is 34.8 Å². The molecule has 0 radical (unpaired) electrons. The number of methoxy groups -OCH3 is 1. The minimum absolute atomic E-state index is 0.0494. The number of nitrogens with one attached hydrogen (secondary N) is 3. The number of anilines is 2. The summed E-state index contributed by atoms with van der Waals surface area (Å²) in [5, 5.41) is 10.6. The van der Waals surface area contributed by atoms with E-state index in [-0.39, 0.29) is 50.3 Å². The van der Waals surface area contributed by atoms with Crippen molar-refractivity contribution in [1.82, 2.24) is 15.2 Å². The Bertz CT molecular complexity index is 1280. The lowest BCUT2D eigenvalue weighted by Gasteiger charge is -2.17. The average Bonchev–Trinajstić information content (AvgIpc) is 3.21. The van der Waals surface area contributed by atoms with Gasteiger partial charge in [0.1, 0.15) is 16.4 Å². The number of carbonyl (C=O) groups excluding carboxylic acids is 3. The number of carbonyl (C=O) groups is 3. The molecule has 0 spiro atoms. The Balaban J connectivity index is 1.87. The van der Waals surface area contributed by atoms with Crippen LogP contribution in [-0.2, 0) is 6.54 Å². The van der Waals surface area contributed by atoms with Crippen LogP contribution >= 0.6 is 46.1 Å². The lowest BCUT2D eigenvalue weighted by atomic mass is 10.1. The molecule has 190 valence electrons. The molecule has 0 aliphatic carbocycles. The summed E-state index contributed by atoms with van der Waals surface area (Å²) >= 11 is 19.6. The topological polar surface area (TPSA) is 113 Å². The molecule has 0 atom stereocenters. The molecule has 3 rings (SSSR count). The fourth-order valence-electron chi connectivity index (χ4n) is 3.11. The maximum absolute atomic E-state index is 13.2. The summed E-state index contributed by atoms with van der Waals surface area (Å²) in [6.45, 7) is 2.51. The zero-order chi connectivity index (χ0) is 26.4. The van der Waals surface area contributed by atoms with Crippen molar-refractivity contribution in [1.29, 1.82) is 0 Å². The summed E-state index contributed by atoms with van der Waals surface area (Å²) in [6.07, 6.45) is 1.39. The minimum Gasteiger partial charge on any atom is -0.494 e. The van der Waals surface area contributed by atoms with Gasteiger partial charge in [0.25, 0.3) is 11.8 Å². The minimum atomic E-state index is -0.581. The van der Waals surface area contributed by atoms with Crippen molar-refractivity contribution in [3.8, 4) is 5.75 Å². The first kappa shape index (κ1) is 27.5. The molecule has 1 aromatic carbocycles. The largest absolute Gasteiger partial charge is 0.494 e. The zero-order valence-electron chi connectivity index (χ0n) is 19.4. The molecule has 36 heavy (non-hydrogen) atoms. The highest BCUT2D eigenvalue weighted by molar-refractivity contribution is 7.13. The Labute approximate surface area is 226 Å². The molecule has 4 amide bonds. The molecule has 0 unspecified atom stereocenters. The number of benzene rings is 1. The second-order valence-electron chi connectivity index (χ2n) is 7.40. The third-order valence-corrected chi connectivity index (χ3v) is 6.84. The van der Waals surface area contributed by atoms with E-state index in [0.29, 0.717) is 17.1 Å². The number of ether oxygens (including phenoxy) is 1. The molecule has 9 nitrogen and oxygen atoms in total. The average molecular weight is 571 g/mol. The lowest BCUT2D eigenvalue weighted by Crippen LogP contribution is -2.36. The Morgan fingerprint density at radius 1 is 1.08 bits per heavy atom. The second-order valence-corrected chi connectivity index (χ2v) is 9.53. The number of aromatic nitrogens is 1. The van der Waals surface area contributed by atoms with Crippen LogP contribution in [0.25, 0.3) is 0 Å². The van der Waals surface area contributed by atoms with Crippen LogP contribution in [0.1, 0.15) is 32.5 Å². The van der Waals surface area contributed by atoms with Crippen LogP contribution in [0, 0.1) is 0 Å². The quantitative estimate of drug-likeness (QED) is 0.318. The summed E-state index contributed by atoms with van der Waals surface area (Å²) in [6, 6.07) is 5.71. The first-order valence-electron chi connectivity index (χ1n) is 10.5. The number of nitrogens with zero attached hydrogens (tertiary/aromatic N) is 2. The molecule has 13 heteroatoms. The molecule has 0 saturated carbocycles. The van der Waals surface area contributed by atoms with Gasteiger partial charge in [0.2, 0.25) is 0 Å². The number of pyridine rings is 1. The standard InChI is InChI=1S/C23H22Cl3N5O4S/c1-4-27-23(34)31(2)10-12-11-36-20(18(12)26)22(33)30-19-15(7-14(25)8-16(19)35-3)21(32)29-17-6-5-13(24)9-28-17/h5-9,11H,4,10H2,1-3H3,(H,27,34)(H,30,33)(H,28,29,32). The normalized spacial score (nSPS) is 10.5. The predicted octanol–water partition coefficient (Wildman–Crippen LogP) is 5.78. The van der Waals surface area contributed by atoms with Crippen LogP contribution in [0.15, 0.2) is 35.8 Å². The Hall–Kier alpha value is -3.05. The fraction of sp³-hybridized carbons (Fsp3) is 0.217. The van der Waals surface area contributed by atoms with Crippen molar-refractivity contribution in [3.05, 3.63) is 66.9 Å². The van der Waals surface area contributed by atoms with Crippen LogP contribution in [0.2, 0.25) is 15.1 Å². The number of halogens is 3. The Morgan fingerprint density at radius 3 is 2.47 bits per heavy atom.